The summed E-state index contributed by atoms with van der Waals surface area (Å²) in [7, 11) is 7.36. The van der Waals surface area contributed by atoms with Crippen LogP contribution in [0.2, 0.25) is 0 Å². The van der Waals surface area contributed by atoms with E-state index in [4.69, 9.17) is 14.5 Å². The fraction of sp³-hybridized carbons (Fsp3) is 0.500. The van der Waals surface area contributed by atoms with Gasteiger partial charge < -0.3 is 29.9 Å². The molecule has 182 valence electrons. The van der Waals surface area contributed by atoms with E-state index in [1.807, 2.05) is 43.3 Å². The molecule has 0 radical (unpaired) electrons. The molecule has 1 aliphatic rings. The highest BCUT2D eigenvalue weighted by Crippen LogP contribution is 2.30. The van der Waals surface area contributed by atoms with E-state index in [1.54, 1.807) is 14.2 Å². The van der Waals surface area contributed by atoms with Crippen LogP contribution in [0.3, 0.4) is 0 Å². The lowest BCUT2D eigenvalue weighted by atomic mass is 10.0. The van der Waals surface area contributed by atoms with Crippen molar-refractivity contribution in [2.45, 2.75) is 32.4 Å². The van der Waals surface area contributed by atoms with Gasteiger partial charge >= 0.3 is 0 Å². The van der Waals surface area contributed by atoms with Gasteiger partial charge in [0.2, 0.25) is 0 Å². The average molecular weight is 569 g/mol. The van der Waals surface area contributed by atoms with Gasteiger partial charge in [-0.15, -0.1) is 24.0 Å². The first-order valence-electron chi connectivity index (χ1n) is 11.2. The van der Waals surface area contributed by atoms with Crippen LogP contribution in [0.25, 0.3) is 0 Å². The number of rotatable bonds is 8. The first-order valence-corrected chi connectivity index (χ1v) is 11.2. The van der Waals surface area contributed by atoms with Gasteiger partial charge in [-0.05, 0) is 31.9 Å². The molecule has 3 rings (SSSR count). The quantitative estimate of drug-likeness (QED) is 0.287. The number of hydrogen-bond acceptors (Lipinski definition) is 6. The van der Waals surface area contributed by atoms with Crippen molar-refractivity contribution >= 4 is 41.4 Å². The second kappa shape index (κ2) is 13.3. The molecular formula is C24H37IN6O2. The van der Waals surface area contributed by atoms with E-state index >= 15 is 0 Å². The summed E-state index contributed by atoms with van der Waals surface area (Å²) in [4.78, 5) is 13.8. The van der Waals surface area contributed by atoms with Crippen LogP contribution < -0.4 is 29.9 Å². The number of nitrogens with one attached hydrogen (secondary N) is 2. The van der Waals surface area contributed by atoms with E-state index < -0.39 is 0 Å². The third-order valence-electron chi connectivity index (χ3n) is 5.53. The molecule has 1 saturated heterocycles. The number of methoxy groups -OCH3 is 2. The maximum absolute atomic E-state index is 5.42. The van der Waals surface area contributed by atoms with Crippen molar-refractivity contribution in [3.05, 3.63) is 42.1 Å². The van der Waals surface area contributed by atoms with E-state index in [1.165, 1.54) is 0 Å². The fourth-order valence-electron chi connectivity index (χ4n) is 3.73. The van der Waals surface area contributed by atoms with Crippen molar-refractivity contribution in [2.24, 2.45) is 4.99 Å². The third-order valence-corrected chi connectivity index (χ3v) is 5.53. The van der Waals surface area contributed by atoms with Crippen LogP contribution >= 0.6 is 24.0 Å². The summed E-state index contributed by atoms with van der Waals surface area (Å²) >= 11 is 0. The van der Waals surface area contributed by atoms with Crippen LogP contribution in [0, 0.1) is 0 Å². The summed E-state index contributed by atoms with van der Waals surface area (Å²) in [6, 6.07) is 12.4. The van der Waals surface area contributed by atoms with Crippen LogP contribution in [-0.4, -0.2) is 64.9 Å². The second-order valence-electron chi connectivity index (χ2n) is 8.05. The Labute approximate surface area is 214 Å². The second-order valence-corrected chi connectivity index (χ2v) is 8.05. The van der Waals surface area contributed by atoms with Crippen LogP contribution in [0.4, 0.5) is 11.5 Å². The Balaban J connectivity index is 0.00000385. The third kappa shape index (κ3) is 7.83. The van der Waals surface area contributed by atoms with Crippen LogP contribution in [0.1, 0.15) is 25.5 Å². The number of aliphatic imine (C=N–C) groups is 1. The first-order chi connectivity index (χ1) is 15.5. The average Bonchev–Trinajstić information content (AvgIpc) is 2.83. The lowest BCUT2D eigenvalue weighted by molar-refractivity contribution is 0.393. The van der Waals surface area contributed by atoms with Crippen molar-refractivity contribution in [1.29, 1.82) is 0 Å². The smallest absolute Gasteiger partial charge is 0.191 e. The predicted octanol–water partition coefficient (Wildman–Crippen LogP) is 3.51. The highest BCUT2D eigenvalue weighted by Gasteiger charge is 2.21. The summed E-state index contributed by atoms with van der Waals surface area (Å²) in [5, 5.41) is 6.97. The monoisotopic (exact) mass is 568 g/mol. The van der Waals surface area contributed by atoms with Crippen molar-refractivity contribution < 1.29 is 9.47 Å². The van der Waals surface area contributed by atoms with E-state index in [9.17, 15) is 0 Å². The predicted molar refractivity (Wildman–Crippen MR) is 147 cm³/mol. The molecule has 0 atom stereocenters. The first kappa shape index (κ1) is 26.8. The van der Waals surface area contributed by atoms with Crippen molar-refractivity contribution in [1.82, 2.24) is 15.6 Å². The zero-order valence-corrected chi connectivity index (χ0v) is 22.6. The Hall–Kier alpha value is -2.43. The summed E-state index contributed by atoms with van der Waals surface area (Å²) in [5.74, 6) is 3.41. The minimum absolute atomic E-state index is 0. The standard InChI is InChI=1S/C24H36N6O2.HI/c1-6-25-24(26-17-19-8-7-9-23(27-19)29(2)3)28-18-10-12-30(13-11-18)20-14-21(31-4)16-22(15-20)32-5;/h7-9,14-16,18H,6,10-13,17H2,1-5H3,(H2,25,26,28);1H. The lowest BCUT2D eigenvalue weighted by Crippen LogP contribution is -2.48. The van der Waals surface area contributed by atoms with Crippen molar-refractivity contribution in [3.63, 3.8) is 0 Å². The maximum Gasteiger partial charge on any atom is 0.191 e. The van der Waals surface area contributed by atoms with Crippen molar-refractivity contribution in [2.75, 3.05) is 57.7 Å². The summed E-state index contributed by atoms with van der Waals surface area (Å²) in [6.07, 6.45) is 2.05. The zero-order valence-electron chi connectivity index (χ0n) is 20.3. The lowest BCUT2D eigenvalue weighted by Gasteiger charge is -2.34. The number of aromatic nitrogens is 1. The number of nitrogens with zero attached hydrogens (tertiary/aromatic N) is 4. The number of ether oxygens (including phenoxy) is 2. The van der Waals surface area contributed by atoms with E-state index in [-0.39, 0.29) is 24.0 Å². The number of benzene rings is 1. The zero-order chi connectivity index (χ0) is 22.9. The van der Waals surface area contributed by atoms with Gasteiger partial charge in [0, 0.05) is 63.7 Å². The molecule has 0 aliphatic carbocycles. The Bertz CT molecular complexity index is 878. The molecule has 33 heavy (non-hydrogen) atoms. The Kier molecular flexibility index (Phi) is 10.8. The Morgan fingerprint density at radius 3 is 2.36 bits per heavy atom. The number of guanidine groups is 1. The molecule has 2 heterocycles. The fourth-order valence-corrected chi connectivity index (χ4v) is 3.73. The number of halogens is 1. The van der Waals surface area contributed by atoms with Crippen molar-refractivity contribution in [3.8, 4) is 11.5 Å². The molecule has 2 aromatic rings. The molecule has 1 aromatic heterocycles. The van der Waals surface area contributed by atoms with Gasteiger partial charge in [0.15, 0.2) is 5.96 Å². The van der Waals surface area contributed by atoms with Gasteiger partial charge in [0.05, 0.1) is 26.5 Å². The van der Waals surface area contributed by atoms with Gasteiger partial charge in [-0.1, -0.05) is 6.07 Å². The molecule has 1 aliphatic heterocycles. The minimum Gasteiger partial charge on any atom is -0.497 e. The molecule has 0 unspecified atom stereocenters. The van der Waals surface area contributed by atoms with E-state index in [0.717, 1.165) is 67.1 Å². The summed E-state index contributed by atoms with van der Waals surface area (Å²) in [5.41, 5.74) is 2.09. The SMILES string of the molecule is CCNC(=NCc1cccc(N(C)C)n1)NC1CCN(c2cc(OC)cc(OC)c2)CC1.I. The van der Waals surface area contributed by atoms with Gasteiger partial charge in [-0.3, -0.25) is 0 Å². The van der Waals surface area contributed by atoms with Gasteiger partial charge in [0.1, 0.15) is 17.3 Å². The molecule has 1 fully saturated rings. The normalized spacial score (nSPS) is 14.3. The van der Waals surface area contributed by atoms with Gasteiger partial charge in [-0.25, -0.2) is 9.98 Å². The number of pyridine rings is 1. The maximum atomic E-state index is 5.42. The molecule has 0 spiro atoms. The Morgan fingerprint density at radius 1 is 1.12 bits per heavy atom. The molecule has 9 heteroatoms. The number of piperidine rings is 1. The Morgan fingerprint density at radius 2 is 1.79 bits per heavy atom. The highest BCUT2D eigenvalue weighted by atomic mass is 127. The highest BCUT2D eigenvalue weighted by molar-refractivity contribution is 14.0. The summed E-state index contributed by atoms with van der Waals surface area (Å²) < 4.78 is 10.8. The number of anilines is 2. The molecule has 8 nitrogen and oxygen atoms in total. The molecular weight excluding hydrogens is 531 g/mol. The van der Waals surface area contributed by atoms with Crippen LogP contribution in [-0.2, 0) is 6.54 Å². The minimum atomic E-state index is 0. The molecule has 1 aromatic carbocycles. The van der Waals surface area contributed by atoms with Gasteiger partial charge in [-0.2, -0.15) is 0 Å². The summed E-state index contributed by atoms with van der Waals surface area (Å²) in [6.45, 7) is 5.36. The van der Waals surface area contributed by atoms with Crippen LogP contribution in [0.5, 0.6) is 11.5 Å². The van der Waals surface area contributed by atoms with Gasteiger partial charge in [0.25, 0.3) is 0 Å². The molecule has 0 bridgehead atoms. The van der Waals surface area contributed by atoms with E-state index in [2.05, 4.69) is 39.6 Å². The molecule has 2 N–H and O–H groups in total. The van der Waals surface area contributed by atoms with Crippen LogP contribution in [0.15, 0.2) is 41.4 Å². The number of hydrogen-bond donors (Lipinski definition) is 2. The topological polar surface area (TPSA) is 74.3 Å². The molecule has 0 amide bonds. The molecule has 0 saturated carbocycles. The largest absolute Gasteiger partial charge is 0.497 e. The van der Waals surface area contributed by atoms with E-state index in [0.29, 0.717) is 12.6 Å².